The molecule has 0 saturated heterocycles. The summed E-state index contributed by atoms with van der Waals surface area (Å²) in [6, 6.07) is 8.15. The number of aryl methyl sites for hydroxylation is 1. The molecule has 0 saturated carbocycles. The Bertz CT molecular complexity index is 1050. The highest BCUT2D eigenvalue weighted by molar-refractivity contribution is 7.98. The predicted molar refractivity (Wildman–Crippen MR) is 105 cm³/mol. The van der Waals surface area contributed by atoms with Crippen LogP contribution in [0.4, 0.5) is 5.88 Å². The summed E-state index contributed by atoms with van der Waals surface area (Å²) in [5, 5.41) is 10.7. The van der Waals surface area contributed by atoms with Crippen molar-refractivity contribution in [1.29, 1.82) is 0 Å². The second-order valence-corrected chi connectivity index (χ2v) is 7.40. The van der Waals surface area contributed by atoms with E-state index >= 15 is 0 Å². The topological polar surface area (TPSA) is 99.9 Å². The van der Waals surface area contributed by atoms with E-state index in [0.717, 1.165) is 27.8 Å². The summed E-state index contributed by atoms with van der Waals surface area (Å²) in [6.45, 7) is 3.16. The molecule has 1 amide bonds. The number of amides is 1. The number of nitro groups is 1. The average molecular weight is 407 g/mol. The summed E-state index contributed by atoms with van der Waals surface area (Å²) in [4.78, 5) is 27.1. The van der Waals surface area contributed by atoms with Gasteiger partial charge in [-0.05, 0) is 37.4 Å². The van der Waals surface area contributed by atoms with Crippen LogP contribution in [0.3, 0.4) is 0 Å². The minimum atomic E-state index is -0.690. The molecule has 8 nitrogen and oxygen atoms in total. The minimum absolute atomic E-state index is 0.162. The van der Waals surface area contributed by atoms with E-state index in [9.17, 15) is 14.9 Å². The summed E-state index contributed by atoms with van der Waals surface area (Å²) in [5.41, 5.74) is 0.953. The number of fused-ring (bicyclic) bond motifs is 1. The fourth-order valence-corrected chi connectivity index (χ4v) is 3.92. The number of carbonyl (C=O) groups excluding carboxylic acids is 1. The van der Waals surface area contributed by atoms with E-state index in [1.54, 1.807) is 11.8 Å². The van der Waals surface area contributed by atoms with E-state index in [0.29, 0.717) is 18.0 Å². The van der Waals surface area contributed by atoms with Crippen LogP contribution in [0.25, 0.3) is 10.2 Å². The first kappa shape index (κ1) is 19.2. The van der Waals surface area contributed by atoms with E-state index in [-0.39, 0.29) is 5.76 Å². The average Bonchev–Trinajstić information content (AvgIpc) is 3.25. The van der Waals surface area contributed by atoms with E-state index in [1.807, 2.05) is 35.9 Å². The molecule has 2 aromatic heterocycles. The number of hydrogen-bond acceptors (Lipinski definition) is 7. The Morgan fingerprint density at radius 3 is 2.89 bits per heavy atom. The second-order valence-electron chi connectivity index (χ2n) is 5.40. The van der Waals surface area contributed by atoms with Crippen LogP contribution >= 0.6 is 23.1 Å². The van der Waals surface area contributed by atoms with Crippen LogP contribution in [0.15, 0.2) is 39.7 Å². The van der Waals surface area contributed by atoms with Crippen LogP contribution in [-0.4, -0.2) is 34.0 Å². The lowest BCUT2D eigenvalue weighted by molar-refractivity contribution is -0.402. The molecule has 3 rings (SSSR count). The third kappa shape index (κ3) is 4.22. The monoisotopic (exact) mass is 407 g/mol. The lowest BCUT2D eigenvalue weighted by Crippen LogP contribution is -2.18. The smallest absolute Gasteiger partial charge is 0.433 e. The van der Waals surface area contributed by atoms with Crippen LogP contribution in [0, 0.1) is 10.1 Å². The largest absolute Gasteiger partial charge is 0.494 e. The van der Waals surface area contributed by atoms with Crippen molar-refractivity contribution in [2.45, 2.75) is 13.5 Å². The molecule has 142 valence electrons. The number of benzene rings is 1. The van der Waals surface area contributed by atoms with E-state index in [4.69, 9.17) is 9.15 Å². The first-order chi connectivity index (χ1) is 13.0. The van der Waals surface area contributed by atoms with Crippen molar-refractivity contribution >= 4 is 45.1 Å². The van der Waals surface area contributed by atoms with Crippen molar-refractivity contribution in [2.24, 2.45) is 4.99 Å². The Morgan fingerprint density at radius 1 is 1.41 bits per heavy atom. The number of aromatic nitrogens is 1. The van der Waals surface area contributed by atoms with Crippen molar-refractivity contribution in [3.05, 3.63) is 51.0 Å². The van der Waals surface area contributed by atoms with Gasteiger partial charge in [0.2, 0.25) is 5.76 Å². The van der Waals surface area contributed by atoms with Gasteiger partial charge in [0.25, 0.3) is 0 Å². The van der Waals surface area contributed by atoms with Gasteiger partial charge in [-0.1, -0.05) is 11.3 Å². The SMILES string of the molecule is CCOc1ccc2c(c1)sc(=NC(=O)c1ccc([N+](=O)[O-])o1)n2CCSC. The number of thiazole rings is 1. The molecule has 0 aliphatic heterocycles. The van der Waals surface area contributed by atoms with E-state index in [1.165, 1.54) is 17.4 Å². The van der Waals surface area contributed by atoms with Gasteiger partial charge in [-0.2, -0.15) is 16.8 Å². The van der Waals surface area contributed by atoms with Crippen LogP contribution in [-0.2, 0) is 6.54 Å². The summed E-state index contributed by atoms with van der Waals surface area (Å²) >= 11 is 3.05. The Kier molecular flexibility index (Phi) is 5.97. The number of carbonyl (C=O) groups is 1. The summed E-state index contributed by atoms with van der Waals surface area (Å²) in [5.74, 6) is 0.305. The van der Waals surface area contributed by atoms with Gasteiger partial charge < -0.3 is 13.7 Å². The predicted octanol–water partition coefficient (Wildman–Crippen LogP) is 3.71. The van der Waals surface area contributed by atoms with Gasteiger partial charge in [0.05, 0.1) is 22.9 Å². The molecule has 0 atom stereocenters. The van der Waals surface area contributed by atoms with Crippen LogP contribution in [0.5, 0.6) is 5.75 Å². The maximum absolute atomic E-state index is 12.4. The van der Waals surface area contributed by atoms with Crippen LogP contribution < -0.4 is 9.54 Å². The molecule has 0 unspecified atom stereocenters. The third-order valence-electron chi connectivity index (χ3n) is 3.66. The molecule has 0 bridgehead atoms. The fraction of sp³-hybridized carbons (Fsp3) is 0.294. The molecule has 2 heterocycles. The molecule has 0 radical (unpaired) electrons. The standard InChI is InChI=1S/C17H17N3O5S2/c1-3-24-11-4-5-12-14(10-11)27-17(19(12)8-9-26-2)18-16(21)13-6-7-15(25-13)20(22)23/h4-7,10H,3,8-9H2,1-2H3. The Balaban J connectivity index is 2.05. The highest BCUT2D eigenvalue weighted by Crippen LogP contribution is 2.24. The van der Waals surface area contributed by atoms with Gasteiger partial charge in [-0.15, -0.1) is 0 Å². The lowest BCUT2D eigenvalue weighted by Gasteiger charge is -2.05. The zero-order valence-electron chi connectivity index (χ0n) is 14.7. The molecule has 0 fully saturated rings. The van der Waals surface area contributed by atoms with Crippen molar-refractivity contribution in [3.8, 4) is 5.75 Å². The molecule has 0 aliphatic rings. The highest BCUT2D eigenvalue weighted by atomic mass is 32.2. The normalized spacial score (nSPS) is 11.9. The molecule has 0 N–H and O–H groups in total. The first-order valence-corrected chi connectivity index (χ1v) is 10.3. The van der Waals surface area contributed by atoms with Crippen molar-refractivity contribution in [3.63, 3.8) is 0 Å². The summed E-state index contributed by atoms with van der Waals surface area (Å²) in [7, 11) is 0. The summed E-state index contributed by atoms with van der Waals surface area (Å²) in [6.07, 6.45) is 2.01. The van der Waals surface area contributed by atoms with Gasteiger partial charge in [0.1, 0.15) is 10.7 Å². The van der Waals surface area contributed by atoms with E-state index in [2.05, 4.69) is 4.99 Å². The minimum Gasteiger partial charge on any atom is -0.494 e. The molecule has 0 spiro atoms. The highest BCUT2D eigenvalue weighted by Gasteiger charge is 2.17. The molecular weight excluding hydrogens is 390 g/mol. The number of hydrogen-bond donors (Lipinski definition) is 0. The number of nitrogens with zero attached hydrogens (tertiary/aromatic N) is 3. The fourth-order valence-electron chi connectivity index (χ4n) is 2.48. The lowest BCUT2D eigenvalue weighted by atomic mass is 10.3. The first-order valence-electron chi connectivity index (χ1n) is 8.12. The molecule has 10 heteroatoms. The zero-order chi connectivity index (χ0) is 19.4. The number of rotatable bonds is 7. The maximum atomic E-state index is 12.4. The Hall–Kier alpha value is -2.59. The molecule has 3 aromatic rings. The van der Waals surface area contributed by atoms with Crippen molar-refractivity contribution in [2.75, 3.05) is 18.6 Å². The van der Waals surface area contributed by atoms with Crippen molar-refractivity contribution < 1.29 is 18.9 Å². The van der Waals surface area contributed by atoms with Crippen LogP contribution in [0.1, 0.15) is 17.5 Å². The molecule has 0 aliphatic carbocycles. The quantitative estimate of drug-likeness (QED) is 0.437. The number of furan rings is 1. The number of ether oxygens (including phenoxy) is 1. The summed E-state index contributed by atoms with van der Waals surface area (Å²) < 4.78 is 13.4. The molecule has 1 aromatic carbocycles. The van der Waals surface area contributed by atoms with E-state index < -0.39 is 16.7 Å². The van der Waals surface area contributed by atoms with Crippen molar-refractivity contribution in [1.82, 2.24) is 4.57 Å². The van der Waals surface area contributed by atoms with Gasteiger partial charge in [-0.3, -0.25) is 14.9 Å². The van der Waals surface area contributed by atoms with Crippen LogP contribution in [0.2, 0.25) is 0 Å². The number of thioether (sulfide) groups is 1. The second kappa shape index (κ2) is 8.40. The van der Waals surface area contributed by atoms with Gasteiger partial charge in [-0.25, -0.2) is 0 Å². The third-order valence-corrected chi connectivity index (χ3v) is 5.30. The van der Waals surface area contributed by atoms with Gasteiger partial charge in [0.15, 0.2) is 4.80 Å². The Morgan fingerprint density at radius 2 is 2.22 bits per heavy atom. The van der Waals surface area contributed by atoms with Gasteiger partial charge in [0, 0.05) is 12.3 Å². The molecule has 27 heavy (non-hydrogen) atoms. The van der Waals surface area contributed by atoms with Gasteiger partial charge >= 0.3 is 11.8 Å². The molecular formula is C17H17N3O5S2. The maximum Gasteiger partial charge on any atom is 0.433 e. The zero-order valence-corrected chi connectivity index (χ0v) is 16.3. The Labute approximate surface area is 162 Å².